The molecule has 5 heteroatoms. The highest BCUT2D eigenvalue weighted by atomic mass is 32.2. The number of aryl methyl sites for hydroxylation is 1. The first-order valence-corrected chi connectivity index (χ1v) is 9.46. The molecule has 2 atom stereocenters. The maximum atomic E-state index is 12.7. The van der Waals surface area contributed by atoms with E-state index in [4.69, 9.17) is 0 Å². The van der Waals surface area contributed by atoms with Gasteiger partial charge in [0.05, 0.1) is 22.7 Å². The Bertz CT molecular complexity index is 653. The Morgan fingerprint density at radius 2 is 2.10 bits per heavy atom. The fourth-order valence-electron chi connectivity index (χ4n) is 2.81. The Labute approximate surface area is 133 Å². The quantitative estimate of drug-likeness (QED) is 0.866. The maximum Gasteiger partial charge on any atom is 0.154 e. The molecular formula is C16H20N2OS2. The number of carbonyl (C=O) groups is 1. The predicted octanol–water partition coefficient (Wildman–Crippen LogP) is 3.31. The third-order valence-corrected chi connectivity index (χ3v) is 7.28. The van der Waals surface area contributed by atoms with Gasteiger partial charge in [0, 0.05) is 23.8 Å². The average Bonchev–Trinajstić information content (AvgIpc) is 2.84. The van der Waals surface area contributed by atoms with E-state index in [0.717, 1.165) is 29.0 Å². The number of benzene rings is 1. The van der Waals surface area contributed by atoms with Crippen molar-refractivity contribution >= 4 is 40.3 Å². The summed E-state index contributed by atoms with van der Waals surface area (Å²) < 4.78 is 2.05. The Morgan fingerprint density at radius 3 is 2.86 bits per heavy atom. The first-order chi connectivity index (χ1) is 10.2. The van der Waals surface area contributed by atoms with E-state index in [1.807, 2.05) is 48.8 Å². The van der Waals surface area contributed by atoms with Gasteiger partial charge in [0.2, 0.25) is 0 Å². The van der Waals surface area contributed by atoms with Gasteiger partial charge < -0.3 is 4.57 Å². The van der Waals surface area contributed by atoms with Gasteiger partial charge in [-0.05, 0) is 18.6 Å². The summed E-state index contributed by atoms with van der Waals surface area (Å²) in [6.45, 7) is 2.18. The number of para-hydroxylation sites is 2. The van der Waals surface area contributed by atoms with Crippen LogP contribution in [0, 0.1) is 0 Å². The fraction of sp³-hybridized carbons (Fsp3) is 0.500. The minimum Gasteiger partial charge on any atom is -0.331 e. The third-order valence-electron chi connectivity index (χ3n) is 3.98. The summed E-state index contributed by atoms with van der Waals surface area (Å²) in [6, 6.07) is 8.05. The normalized spacial score (nSPS) is 22.6. The molecular weight excluding hydrogens is 300 g/mol. The van der Waals surface area contributed by atoms with Crippen molar-refractivity contribution in [1.82, 2.24) is 9.55 Å². The molecule has 0 N–H and O–H groups in total. The molecule has 1 saturated heterocycles. The van der Waals surface area contributed by atoms with E-state index in [1.54, 1.807) is 0 Å². The molecule has 0 radical (unpaired) electrons. The van der Waals surface area contributed by atoms with Gasteiger partial charge in [-0.25, -0.2) is 4.98 Å². The van der Waals surface area contributed by atoms with Crippen molar-refractivity contribution in [3.05, 3.63) is 30.1 Å². The fourth-order valence-corrected chi connectivity index (χ4v) is 5.85. The van der Waals surface area contributed by atoms with Gasteiger partial charge in [-0.2, -0.15) is 11.8 Å². The molecule has 3 nitrogen and oxygen atoms in total. The van der Waals surface area contributed by atoms with Gasteiger partial charge in [0.15, 0.2) is 5.78 Å². The summed E-state index contributed by atoms with van der Waals surface area (Å²) in [7, 11) is 2.00. The topological polar surface area (TPSA) is 34.9 Å². The number of fused-ring (bicyclic) bond motifs is 1. The van der Waals surface area contributed by atoms with Gasteiger partial charge in [0.25, 0.3) is 0 Å². The van der Waals surface area contributed by atoms with Crippen molar-refractivity contribution in [1.29, 1.82) is 0 Å². The molecule has 2 aromatic rings. The zero-order valence-corrected chi connectivity index (χ0v) is 14.0. The molecule has 1 fully saturated rings. The van der Waals surface area contributed by atoms with Crippen LogP contribution in [-0.4, -0.2) is 37.3 Å². The monoisotopic (exact) mass is 320 g/mol. The van der Waals surface area contributed by atoms with E-state index < -0.39 is 0 Å². The summed E-state index contributed by atoms with van der Waals surface area (Å²) in [6.07, 6.45) is 1.51. The number of hydrogen-bond acceptors (Lipinski definition) is 4. The zero-order chi connectivity index (χ0) is 14.8. The molecule has 0 spiro atoms. The molecule has 2 heterocycles. The minimum atomic E-state index is 0.133. The lowest BCUT2D eigenvalue weighted by molar-refractivity contribution is -0.118. The van der Waals surface area contributed by atoms with E-state index in [1.165, 1.54) is 5.75 Å². The number of carbonyl (C=O) groups excluding carboxylic acids is 1. The number of Topliss-reactive ketones (excluding diaryl/α,β-unsaturated/α-hetero) is 1. The van der Waals surface area contributed by atoms with E-state index in [0.29, 0.717) is 17.5 Å². The molecule has 3 rings (SSSR count). The van der Waals surface area contributed by atoms with Crippen molar-refractivity contribution in [2.75, 3.05) is 11.5 Å². The molecule has 1 aliphatic heterocycles. The van der Waals surface area contributed by atoms with Crippen molar-refractivity contribution in [3.63, 3.8) is 0 Å². The molecule has 1 aromatic heterocycles. The Morgan fingerprint density at radius 1 is 1.33 bits per heavy atom. The molecule has 112 valence electrons. The molecule has 1 aliphatic rings. The van der Waals surface area contributed by atoms with Crippen LogP contribution < -0.4 is 0 Å². The molecule has 1 aromatic carbocycles. The van der Waals surface area contributed by atoms with Crippen LogP contribution in [0.2, 0.25) is 0 Å². The largest absolute Gasteiger partial charge is 0.331 e. The summed E-state index contributed by atoms with van der Waals surface area (Å²) in [5.41, 5.74) is 2.07. The van der Waals surface area contributed by atoms with E-state index >= 15 is 0 Å². The number of ketones is 1. The molecule has 0 saturated carbocycles. The molecule has 0 amide bonds. The third kappa shape index (κ3) is 2.99. The van der Waals surface area contributed by atoms with Crippen molar-refractivity contribution in [2.45, 2.75) is 30.3 Å². The Hall–Kier alpha value is -0.940. The standard InChI is InChI=1S/C16H20N2OS2/c1-3-14-16(21-9-8-20-14)13(19)10-15-17-11-6-4-5-7-12(11)18(15)2/h4-7,14,16H,3,8-10H2,1-2H3. The van der Waals surface area contributed by atoms with Gasteiger partial charge in [-0.15, -0.1) is 11.8 Å². The van der Waals surface area contributed by atoms with Crippen molar-refractivity contribution in [2.24, 2.45) is 7.05 Å². The van der Waals surface area contributed by atoms with Crippen LogP contribution >= 0.6 is 23.5 Å². The second kappa shape index (κ2) is 6.44. The summed E-state index contributed by atoms with van der Waals surface area (Å²) in [4.78, 5) is 17.3. The van der Waals surface area contributed by atoms with Crippen molar-refractivity contribution in [3.8, 4) is 0 Å². The van der Waals surface area contributed by atoms with Gasteiger partial charge >= 0.3 is 0 Å². The van der Waals surface area contributed by atoms with Crippen molar-refractivity contribution < 1.29 is 4.79 Å². The highest BCUT2D eigenvalue weighted by molar-refractivity contribution is 8.07. The molecule has 2 unspecified atom stereocenters. The van der Waals surface area contributed by atoms with E-state index in [9.17, 15) is 4.79 Å². The van der Waals surface area contributed by atoms with Crippen LogP contribution in [-0.2, 0) is 18.3 Å². The lowest BCUT2D eigenvalue weighted by Gasteiger charge is -2.28. The number of hydrogen-bond donors (Lipinski definition) is 0. The number of imidazole rings is 1. The second-order valence-electron chi connectivity index (χ2n) is 5.33. The van der Waals surface area contributed by atoms with Gasteiger partial charge in [-0.3, -0.25) is 4.79 Å². The Kier molecular flexibility index (Phi) is 4.60. The number of thioether (sulfide) groups is 2. The number of rotatable bonds is 4. The lowest BCUT2D eigenvalue weighted by Crippen LogP contribution is -2.34. The number of nitrogens with zero attached hydrogens (tertiary/aromatic N) is 2. The predicted molar refractivity (Wildman–Crippen MR) is 92.2 cm³/mol. The Balaban J connectivity index is 1.81. The van der Waals surface area contributed by atoms with Crippen LogP contribution in [0.15, 0.2) is 24.3 Å². The first-order valence-electron chi connectivity index (χ1n) is 7.37. The first kappa shape index (κ1) is 15.0. The smallest absolute Gasteiger partial charge is 0.154 e. The molecule has 0 bridgehead atoms. The van der Waals surface area contributed by atoms with Crippen LogP contribution in [0.4, 0.5) is 0 Å². The van der Waals surface area contributed by atoms with Crippen LogP contribution in [0.25, 0.3) is 11.0 Å². The lowest BCUT2D eigenvalue weighted by atomic mass is 10.1. The zero-order valence-electron chi connectivity index (χ0n) is 12.4. The van der Waals surface area contributed by atoms with Crippen LogP contribution in [0.1, 0.15) is 19.2 Å². The van der Waals surface area contributed by atoms with Gasteiger partial charge in [0.1, 0.15) is 5.82 Å². The average molecular weight is 320 g/mol. The molecule has 0 aliphatic carbocycles. The summed E-state index contributed by atoms with van der Waals surface area (Å²) >= 11 is 3.78. The van der Waals surface area contributed by atoms with E-state index in [-0.39, 0.29) is 5.25 Å². The molecule has 21 heavy (non-hydrogen) atoms. The summed E-state index contributed by atoms with van der Waals surface area (Å²) in [5, 5.41) is 0.597. The minimum absolute atomic E-state index is 0.133. The maximum absolute atomic E-state index is 12.7. The number of aromatic nitrogens is 2. The highest BCUT2D eigenvalue weighted by Crippen LogP contribution is 2.34. The van der Waals surface area contributed by atoms with Crippen LogP contribution in [0.3, 0.4) is 0 Å². The van der Waals surface area contributed by atoms with Crippen LogP contribution in [0.5, 0.6) is 0 Å². The summed E-state index contributed by atoms with van der Waals surface area (Å²) in [5.74, 6) is 3.46. The van der Waals surface area contributed by atoms with Gasteiger partial charge in [-0.1, -0.05) is 19.1 Å². The SMILES string of the molecule is CCC1SCCSC1C(=O)Cc1nc2ccccc2n1C. The van der Waals surface area contributed by atoms with E-state index in [2.05, 4.69) is 22.5 Å². The highest BCUT2D eigenvalue weighted by Gasteiger charge is 2.31. The second-order valence-corrected chi connectivity index (χ2v) is 7.92.